The number of rotatable bonds is 0. The molecular weight excluding hydrogens is 166 g/mol. The number of Topliss-reactive ketones (excluding diaryl/α,β-unsaturated/α-hetero) is 1. The molecule has 0 amide bonds. The third kappa shape index (κ3) is 1.09. The average molecular weight is 173 g/mol. The van der Waals surface area contributed by atoms with Crippen LogP contribution >= 0.6 is 0 Å². The lowest BCUT2D eigenvalue weighted by Gasteiger charge is -2.09. The Kier molecular flexibility index (Phi) is 1.59. The fourth-order valence-electron chi connectivity index (χ4n) is 1.33. The molecule has 0 atom stereocenters. The molecule has 1 aromatic rings. The van der Waals surface area contributed by atoms with Gasteiger partial charge in [0, 0.05) is 11.8 Å². The summed E-state index contributed by atoms with van der Waals surface area (Å²) >= 11 is 0. The molecule has 0 saturated carbocycles. The van der Waals surface area contributed by atoms with Crippen LogP contribution in [0.3, 0.4) is 0 Å². The zero-order chi connectivity index (χ0) is 9.42. The Labute approximate surface area is 75.1 Å². The van der Waals surface area contributed by atoms with E-state index >= 15 is 0 Å². The molecule has 3 nitrogen and oxygen atoms in total. The molecule has 1 heterocycles. The quantitative estimate of drug-likeness (QED) is 0.595. The number of carbonyl (C=O) groups is 2. The number of pyridine rings is 1. The summed E-state index contributed by atoms with van der Waals surface area (Å²) in [6.07, 6.45) is 2.84. The first-order chi connectivity index (χ1) is 6.20. The summed E-state index contributed by atoms with van der Waals surface area (Å²) in [5, 5.41) is 0. The Bertz CT molecular complexity index is 432. The highest BCUT2D eigenvalue weighted by atomic mass is 16.1. The van der Waals surface area contributed by atoms with Gasteiger partial charge in [-0.05, 0) is 25.1 Å². The maximum absolute atomic E-state index is 11.5. The molecule has 64 valence electrons. The zero-order valence-electron chi connectivity index (χ0n) is 7.07. The van der Waals surface area contributed by atoms with Crippen molar-refractivity contribution in [3.63, 3.8) is 0 Å². The van der Waals surface area contributed by atoms with Crippen molar-refractivity contribution in [2.75, 3.05) is 0 Å². The molecule has 1 aromatic heterocycles. The van der Waals surface area contributed by atoms with E-state index in [1.54, 1.807) is 19.1 Å². The van der Waals surface area contributed by atoms with Crippen molar-refractivity contribution >= 4 is 11.6 Å². The van der Waals surface area contributed by atoms with Crippen LogP contribution in [0.4, 0.5) is 0 Å². The van der Waals surface area contributed by atoms with Gasteiger partial charge in [-0.1, -0.05) is 0 Å². The van der Waals surface area contributed by atoms with Gasteiger partial charge in [-0.25, -0.2) is 0 Å². The zero-order valence-corrected chi connectivity index (χ0v) is 7.07. The smallest absolute Gasteiger partial charge is 0.205 e. The number of nitrogens with zero attached hydrogens (tertiary/aromatic N) is 1. The van der Waals surface area contributed by atoms with Gasteiger partial charge in [0.15, 0.2) is 5.78 Å². The van der Waals surface area contributed by atoms with E-state index in [0.29, 0.717) is 11.1 Å². The summed E-state index contributed by atoms with van der Waals surface area (Å²) in [7, 11) is 0. The first-order valence-electron chi connectivity index (χ1n) is 3.92. The molecule has 0 aliphatic heterocycles. The lowest BCUT2D eigenvalue weighted by Crippen LogP contribution is -2.16. The van der Waals surface area contributed by atoms with E-state index < -0.39 is 0 Å². The van der Waals surface area contributed by atoms with E-state index in [1.165, 1.54) is 12.3 Å². The standard InChI is InChI=1S/C10H7NO2/c1-6-5-8(12)9-7(10(6)13)3-2-4-11-9/h2-5H,1H3. The monoisotopic (exact) mass is 173 g/mol. The third-order valence-corrected chi connectivity index (χ3v) is 1.99. The average Bonchev–Trinajstić information content (AvgIpc) is 2.15. The first kappa shape index (κ1) is 7.86. The molecule has 0 bridgehead atoms. The van der Waals surface area contributed by atoms with E-state index in [2.05, 4.69) is 4.98 Å². The molecular formula is C10H7NO2. The molecule has 0 radical (unpaired) electrons. The summed E-state index contributed by atoms with van der Waals surface area (Å²) in [6.45, 7) is 1.64. The van der Waals surface area contributed by atoms with Crippen LogP contribution in [0.2, 0.25) is 0 Å². The fourth-order valence-corrected chi connectivity index (χ4v) is 1.33. The number of hydrogen-bond acceptors (Lipinski definition) is 3. The molecule has 1 aliphatic rings. The van der Waals surface area contributed by atoms with Gasteiger partial charge in [0.1, 0.15) is 5.69 Å². The minimum absolute atomic E-state index is 0.109. The van der Waals surface area contributed by atoms with Gasteiger partial charge in [-0.15, -0.1) is 0 Å². The van der Waals surface area contributed by atoms with Gasteiger partial charge >= 0.3 is 0 Å². The van der Waals surface area contributed by atoms with Gasteiger partial charge < -0.3 is 0 Å². The lowest BCUT2D eigenvalue weighted by molar-refractivity contribution is 0.0981. The van der Waals surface area contributed by atoms with E-state index in [4.69, 9.17) is 0 Å². The number of hydrogen-bond donors (Lipinski definition) is 0. The number of fused-ring (bicyclic) bond motifs is 1. The highest BCUT2D eigenvalue weighted by Crippen LogP contribution is 2.18. The van der Waals surface area contributed by atoms with Crippen molar-refractivity contribution < 1.29 is 9.59 Å². The topological polar surface area (TPSA) is 47.0 Å². The number of allylic oxidation sites excluding steroid dienone is 2. The molecule has 0 saturated heterocycles. The Hall–Kier alpha value is -1.77. The second-order valence-corrected chi connectivity index (χ2v) is 2.92. The third-order valence-electron chi connectivity index (χ3n) is 1.99. The predicted octanol–water partition coefficient (Wildman–Crippen LogP) is 1.41. The molecule has 2 rings (SSSR count). The van der Waals surface area contributed by atoms with Gasteiger partial charge in [-0.2, -0.15) is 0 Å². The van der Waals surface area contributed by atoms with Crippen molar-refractivity contribution in [3.05, 3.63) is 41.2 Å². The van der Waals surface area contributed by atoms with Crippen LogP contribution in [0, 0.1) is 0 Å². The molecule has 0 N–H and O–H groups in total. The van der Waals surface area contributed by atoms with Gasteiger partial charge in [0.05, 0.1) is 5.56 Å². The minimum atomic E-state index is -0.187. The maximum atomic E-state index is 11.5. The summed E-state index contributed by atoms with van der Waals surface area (Å²) in [4.78, 5) is 26.7. The molecule has 1 aliphatic carbocycles. The van der Waals surface area contributed by atoms with E-state index in [0.717, 1.165) is 0 Å². The van der Waals surface area contributed by atoms with Crippen molar-refractivity contribution in [3.8, 4) is 0 Å². The minimum Gasteiger partial charge on any atom is -0.289 e. The summed E-state index contributed by atoms with van der Waals surface area (Å²) in [5.74, 6) is -0.296. The van der Waals surface area contributed by atoms with Crippen LogP contribution in [0.25, 0.3) is 0 Å². The first-order valence-corrected chi connectivity index (χ1v) is 3.92. The number of aromatic nitrogens is 1. The number of ketones is 2. The van der Waals surface area contributed by atoms with Crippen molar-refractivity contribution in [1.29, 1.82) is 0 Å². The Morgan fingerprint density at radius 2 is 2.08 bits per heavy atom. The van der Waals surface area contributed by atoms with Crippen LogP contribution in [-0.2, 0) is 0 Å². The highest BCUT2D eigenvalue weighted by molar-refractivity contribution is 6.23. The van der Waals surface area contributed by atoms with Crippen LogP contribution in [-0.4, -0.2) is 16.6 Å². The molecule has 0 aromatic carbocycles. The Morgan fingerprint density at radius 1 is 1.31 bits per heavy atom. The Balaban J connectivity index is 2.69. The van der Waals surface area contributed by atoms with Gasteiger partial charge in [0.2, 0.25) is 5.78 Å². The van der Waals surface area contributed by atoms with Crippen LogP contribution in [0.1, 0.15) is 27.8 Å². The second kappa shape index (κ2) is 2.62. The molecule has 0 fully saturated rings. The largest absolute Gasteiger partial charge is 0.289 e. The van der Waals surface area contributed by atoms with Crippen molar-refractivity contribution in [2.24, 2.45) is 0 Å². The van der Waals surface area contributed by atoms with E-state index in [1.807, 2.05) is 0 Å². The van der Waals surface area contributed by atoms with Crippen LogP contribution in [0.15, 0.2) is 30.0 Å². The van der Waals surface area contributed by atoms with E-state index in [-0.39, 0.29) is 17.3 Å². The molecule has 0 spiro atoms. The second-order valence-electron chi connectivity index (χ2n) is 2.92. The maximum Gasteiger partial charge on any atom is 0.205 e. The van der Waals surface area contributed by atoms with Gasteiger partial charge in [0.25, 0.3) is 0 Å². The van der Waals surface area contributed by atoms with Crippen molar-refractivity contribution in [2.45, 2.75) is 6.92 Å². The lowest BCUT2D eigenvalue weighted by atomic mass is 9.94. The predicted molar refractivity (Wildman–Crippen MR) is 46.7 cm³/mol. The molecule has 0 unspecified atom stereocenters. The van der Waals surface area contributed by atoms with Crippen LogP contribution < -0.4 is 0 Å². The SMILES string of the molecule is CC1=CC(=O)c2ncccc2C1=O. The molecule has 13 heavy (non-hydrogen) atoms. The van der Waals surface area contributed by atoms with Gasteiger partial charge in [-0.3, -0.25) is 14.6 Å². The number of carbonyl (C=O) groups excluding carboxylic acids is 2. The van der Waals surface area contributed by atoms with Crippen molar-refractivity contribution in [1.82, 2.24) is 4.98 Å². The normalized spacial score (nSPS) is 15.3. The highest BCUT2D eigenvalue weighted by Gasteiger charge is 2.23. The summed E-state index contributed by atoms with van der Waals surface area (Å²) in [6, 6.07) is 3.28. The Morgan fingerprint density at radius 3 is 2.85 bits per heavy atom. The van der Waals surface area contributed by atoms with E-state index in [9.17, 15) is 9.59 Å². The summed E-state index contributed by atoms with van der Waals surface area (Å²) < 4.78 is 0. The summed E-state index contributed by atoms with van der Waals surface area (Å²) in [5.41, 5.74) is 1.15. The molecule has 3 heteroatoms. The fraction of sp³-hybridized carbons (Fsp3) is 0.100. The van der Waals surface area contributed by atoms with Crippen LogP contribution in [0.5, 0.6) is 0 Å².